The minimum absolute atomic E-state index is 0.114. The molecule has 0 saturated carbocycles. The van der Waals surface area contributed by atoms with E-state index < -0.39 is 0 Å². The highest BCUT2D eigenvalue weighted by molar-refractivity contribution is 5.94. The molecule has 1 aromatic heterocycles. The highest BCUT2D eigenvalue weighted by Crippen LogP contribution is 2.14. The molecule has 0 bridgehead atoms. The Hall–Kier alpha value is -1.95. The number of hydrogen-bond donors (Lipinski definition) is 1. The summed E-state index contributed by atoms with van der Waals surface area (Å²) in [5.41, 5.74) is 1.17. The molecule has 0 unspecified atom stereocenters. The molecule has 1 fully saturated rings. The van der Waals surface area contributed by atoms with Crippen LogP contribution in [0.25, 0.3) is 11.0 Å². The smallest absolute Gasteiger partial charge is 0.289 e. The van der Waals surface area contributed by atoms with Crippen molar-refractivity contribution >= 4 is 16.9 Å². The minimum atomic E-state index is -0.336. The lowest BCUT2D eigenvalue weighted by Crippen LogP contribution is -2.48. The fraction of sp³-hybridized carbons (Fsp3) is 0.429. The summed E-state index contributed by atoms with van der Waals surface area (Å²) in [6.45, 7) is 6.31. The minimum Gasteiger partial charge on any atom is -0.334 e. The monoisotopic (exact) mass is 276 g/mol. The van der Waals surface area contributed by atoms with Gasteiger partial charge in [0.2, 0.25) is 0 Å². The Morgan fingerprint density at radius 2 is 2.10 bits per heavy atom. The van der Waals surface area contributed by atoms with Gasteiger partial charge in [-0.2, -0.15) is 0 Å². The fourth-order valence-corrected chi connectivity index (χ4v) is 2.50. The first-order valence-corrected chi connectivity index (χ1v) is 6.84. The molecule has 106 valence electrons. The number of amides is 1. The number of nitrogens with zero attached hydrogens (tertiary/aromatic N) is 3. The van der Waals surface area contributed by atoms with Crippen LogP contribution in [0.15, 0.2) is 18.2 Å². The van der Waals surface area contributed by atoms with E-state index in [1.165, 1.54) is 12.1 Å². The van der Waals surface area contributed by atoms with Crippen molar-refractivity contribution in [2.45, 2.75) is 6.92 Å². The predicted molar refractivity (Wildman–Crippen MR) is 74.1 cm³/mol. The summed E-state index contributed by atoms with van der Waals surface area (Å²) < 4.78 is 13.1. The number of nitrogens with one attached hydrogen (secondary N) is 1. The van der Waals surface area contributed by atoms with Crippen LogP contribution in [0.4, 0.5) is 4.39 Å². The average Bonchev–Trinajstić information content (AvgIpc) is 2.89. The molecule has 1 N–H and O–H groups in total. The lowest BCUT2D eigenvalue weighted by molar-refractivity contribution is 0.0633. The van der Waals surface area contributed by atoms with Gasteiger partial charge in [0.25, 0.3) is 5.91 Å². The van der Waals surface area contributed by atoms with Crippen LogP contribution in [-0.2, 0) is 0 Å². The van der Waals surface area contributed by atoms with E-state index in [-0.39, 0.29) is 17.5 Å². The molecule has 1 aromatic carbocycles. The molecule has 1 aliphatic rings. The molecule has 1 amide bonds. The Balaban J connectivity index is 1.79. The molecule has 6 heteroatoms. The van der Waals surface area contributed by atoms with Crippen molar-refractivity contribution in [2.75, 3.05) is 32.7 Å². The number of piperazine rings is 1. The van der Waals surface area contributed by atoms with Gasteiger partial charge in [-0.1, -0.05) is 6.92 Å². The van der Waals surface area contributed by atoms with Crippen molar-refractivity contribution in [1.29, 1.82) is 0 Å². The van der Waals surface area contributed by atoms with E-state index in [1.54, 1.807) is 11.0 Å². The van der Waals surface area contributed by atoms with Crippen LogP contribution in [0.5, 0.6) is 0 Å². The molecule has 2 aromatic rings. The van der Waals surface area contributed by atoms with Crippen LogP contribution in [0.1, 0.15) is 17.5 Å². The second kappa shape index (κ2) is 5.20. The fourth-order valence-electron chi connectivity index (χ4n) is 2.50. The topological polar surface area (TPSA) is 52.2 Å². The van der Waals surface area contributed by atoms with Gasteiger partial charge in [0.15, 0.2) is 5.82 Å². The number of benzene rings is 1. The summed E-state index contributed by atoms with van der Waals surface area (Å²) in [6.07, 6.45) is 0. The number of aromatic nitrogens is 2. The van der Waals surface area contributed by atoms with Gasteiger partial charge in [0.1, 0.15) is 5.82 Å². The molecule has 5 nitrogen and oxygen atoms in total. The summed E-state index contributed by atoms with van der Waals surface area (Å²) in [6, 6.07) is 4.28. The van der Waals surface area contributed by atoms with Crippen molar-refractivity contribution < 1.29 is 9.18 Å². The van der Waals surface area contributed by atoms with Crippen molar-refractivity contribution in [2.24, 2.45) is 0 Å². The van der Waals surface area contributed by atoms with Gasteiger partial charge < -0.3 is 14.8 Å². The molecule has 0 aliphatic carbocycles. The molecule has 3 rings (SSSR count). The van der Waals surface area contributed by atoms with Crippen molar-refractivity contribution in [3.05, 3.63) is 29.8 Å². The predicted octanol–water partition coefficient (Wildman–Crippen LogP) is 1.48. The lowest BCUT2D eigenvalue weighted by Gasteiger charge is -2.33. The Kier molecular flexibility index (Phi) is 3.40. The number of H-pyrrole nitrogens is 1. The van der Waals surface area contributed by atoms with Crippen LogP contribution in [0, 0.1) is 5.82 Å². The van der Waals surface area contributed by atoms with E-state index in [0.717, 1.165) is 19.6 Å². The number of fused-ring (bicyclic) bond motifs is 1. The van der Waals surface area contributed by atoms with Gasteiger partial charge >= 0.3 is 0 Å². The molecule has 1 aliphatic heterocycles. The first-order chi connectivity index (χ1) is 9.67. The van der Waals surface area contributed by atoms with Gasteiger partial charge in [0, 0.05) is 26.2 Å². The highest BCUT2D eigenvalue weighted by atomic mass is 19.1. The number of hydrogen-bond acceptors (Lipinski definition) is 3. The van der Waals surface area contributed by atoms with E-state index in [9.17, 15) is 9.18 Å². The summed E-state index contributed by atoms with van der Waals surface area (Å²) in [4.78, 5) is 23.6. The zero-order valence-corrected chi connectivity index (χ0v) is 11.4. The molecule has 20 heavy (non-hydrogen) atoms. The molecule has 0 radical (unpaired) electrons. The van der Waals surface area contributed by atoms with Crippen molar-refractivity contribution in [3.8, 4) is 0 Å². The summed E-state index contributed by atoms with van der Waals surface area (Å²) in [5.74, 6) is -0.162. The number of carbonyl (C=O) groups is 1. The first kappa shape index (κ1) is 13.1. The van der Waals surface area contributed by atoms with Gasteiger partial charge in [0.05, 0.1) is 11.0 Å². The van der Waals surface area contributed by atoms with Gasteiger partial charge in [-0.15, -0.1) is 0 Å². The van der Waals surface area contributed by atoms with Crippen LogP contribution in [-0.4, -0.2) is 58.4 Å². The number of halogens is 1. The normalized spacial score (nSPS) is 16.8. The highest BCUT2D eigenvalue weighted by Gasteiger charge is 2.23. The third kappa shape index (κ3) is 2.38. The van der Waals surface area contributed by atoms with E-state index in [0.29, 0.717) is 24.1 Å². The largest absolute Gasteiger partial charge is 0.334 e. The molecule has 0 atom stereocenters. The molecular formula is C14H17FN4O. The Bertz CT molecular complexity index is 631. The van der Waals surface area contributed by atoms with Gasteiger partial charge in [-0.25, -0.2) is 9.37 Å². The second-order valence-electron chi connectivity index (χ2n) is 4.97. The van der Waals surface area contributed by atoms with Crippen molar-refractivity contribution in [1.82, 2.24) is 19.8 Å². The van der Waals surface area contributed by atoms with E-state index in [4.69, 9.17) is 0 Å². The average molecular weight is 276 g/mol. The third-order valence-electron chi connectivity index (χ3n) is 3.75. The van der Waals surface area contributed by atoms with Gasteiger partial charge in [-0.3, -0.25) is 4.79 Å². The van der Waals surface area contributed by atoms with Gasteiger partial charge in [-0.05, 0) is 24.7 Å². The number of likely N-dealkylation sites (N-methyl/N-ethyl adjacent to an activating group) is 1. The summed E-state index contributed by atoms with van der Waals surface area (Å²) in [7, 11) is 0. The number of carbonyl (C=O) groups excluding carboxylic acids is 1. The Morgan fingerprint density at radius 1 is 1.35 bits per heavy atom. The van der Waals surface area contributed by atoms with E-state index >= 15 is 0 Å². The lowest BCUT2D eigenvalue weighted by atomic mass is 10.3. The standard InChI is InChI=1S/C14H17FN4O/c1-2-18-5-7-19(8-6-18)14(20)13-16-11-4-3-10(15)9-12(11)17-13/h3-4,9H,2,5-8H2,1H3,(H,16,17). The molecule has 2 heterocycles. The number of rotatable bonds is 2. The van der Waals surface area contributed by atoms with E-state index in [1.807, 2.05) is 0 Å². The summed E-state index contributed by atoms with van der Waals surface area (Å²) >= 11 is 0. The SMILES string of the molecule is CCN1CCN(C(=O)c2nc3ccc(F)cc3[nH]2)CC1. The van der Waals surface area contributed by atoms with Crippen molar-refractivity contribution in [3.63, 3.8) is 0 Å². The van der Waals surface area contributed by atoms with Crippen LogP contribution in [0.2, 0.25) is 0 Å². The van der Waals surface area contributed by atoms with Crippen LogP contribution < -0.4 is 0 Å². The zero-order chi connectivity index (χ0) is 14.1. The number of imidazole rings is 1. The maximum atomic E-state index is 13.1. The van der Waals surface area contributed by atoms with E-state index in [2.05, 4.69) is 21.8 Å². The quantitative estimate of drug-likeness (QED) is 0.904. The maximum Gasteiger partial charge on any atom is 0.289 e. The maximum absolute atomic E-state index is 13.1. The third-order valence-corrected chi connectivity index (χ3v) is 3.75. The summed E-state index contributed by atoms with van der Waals surface area (Å²) in [5, 5.41) is 0. The Labute approximate surface area is 116 Å². The molecular weight excluding hydrogens is 259 g/mol. The van der Waals surface area contributed by atoms with Crippen LogP contribution >= 0.6 is 0 Å². The number of aromatic amines is 1. The van der Waals surface area contributed by atoms with Crippen LogP contribution in [0.3, 0.4) is 0 Å². The first-order valence-electron chi connectivity index (χ1n) is 6.84. The molecule has 1 saturated heterocycles. The Morgan fingerprint density at radius 3 is 2.80 bits per heavy atom. The second-order valence-corrected chi connectivity index (χ2v) is 4.97. The molecule has 0 spiro atoms. The zero-order valence-electron chi connectivity index (χ0n) is 11.4.